The molecule has 0 radical (unpaired) electrons. The molecule has 1 aromatic heterocycles. The molecule has 1 atom stereocenters. The quantitative estimate of drug-likeness (QED) is 0.681. The van der Waals surface area contributed by atoms with Crippen molar-refractivity contribution in [2.75, 3.05) is 19.7 Å². The molecule has 0 spiro atoms. The molecule has 1 aliphatic heterocycles. The fourth-order valence-electron chi connectivity index (χ4n) is 1.76. The van der Waals surface area contributed by atoms with Crippen LogP contribution in [-0.4, -0.2) is 29.5 Å². The molecule has 1 saturated heterocycles. The zero-order chi connectivity index (χ0) is 9.26. The van der Waals surface area contributed by atoms with E-state index in [2.05, 4.69) is 17.3 Å². The standard InChI is InChI=1S/C9H15N3O/c1-7-5-11-12(2)9(7)8-6-10-3-4-13-8/h5,8,10H,3-4,6H2,1-2H3. The van der Waals surface area contributed by atoms with Crippen LogP contribution in [0.5, 0.6) is 0 Å². The van der Waals surface area contributed by atoms with E-state index in [4.69, 9.17) is 4.74 Å². The molecule has 0 aromatic carbocycles. The summed E-state index contributed by atoms with van der Waals surface area (Å²) in [6.45, 7) is 4.70. The van der Waals surface area contributed by atoms with Gasteiger partial charge in [-0.15, -0.1) is 0 Å². The van der Waals surface area contributed by atoms with Crippen LogP contribution in [0.1, 0.15) is 17.4 Å². The molecule has 4 nitrogen and oxygen atoms in total. The van der Waals surface area contributed by atoms with Gasteiger partial charge in [-0.05, 0) is 12.5 Å². The Morgan fingerprint density at radius 3 is 3.08 bits per heavy atom. The normalized spacial score (nSPS) is 23.4. The van der Waals surface area contributed by atoms with Crippen LogP contribution in [0.2, 0.25) is 0 Å². The first kappa shape index (κ1) is 8.72. The zero-order valence-corrected chi connectivity index (χ0v) is 8.08. The van der Waals surface area contributed by atoms with Crippen LogP contribution >= 0.6 is 0 Å². The highest BCUT2D eigenvalue weighted by Crippen LogP contribution is 2.20. The molecular formula is C9H15N3O. The van der Waals surface area contributed by atoms with Crippen LogP contribution < -0.4 is 5.32 Å². The highest BCUT2D eigenvalue weighted by atomic mass is 16.5. The summed E-state index contributed by atoms with van der Waals surface area (Å²) in [5.41, 5.74) is 2.39. The van der Waals surface area contributed by atoms with Gasteiger partial charge < -0.3 is 10.1 Å². The first-order valence-electron chi connectivity index (χ1n) is 4.60. The second-order valence-corrected chi connectivity index (χ2v) is 3.40. The van der Waals surface area contributed by atoms with Gasteiger partial charge in [-0.25, -0.2) is 0 Å². The van der Waals surface area contributed by atoms with Crippen molar-refractivity contribution in [3.05, 3.63) is 17.5 Å². The topological polar surface area (TPSA) is 39.1 Å². The molecule has 2 heterocycles. The second-order valence-electron chi connectivity index (χ2n) is 3.40. The molecule has 0 bridgehead atoms. The highest BCUT2D eigenvalue weighted by Gasteiger charge is 2.20. The summed E-state index contributed by atoms with van der Waals surface area (Å²) in [6, 6.07) is 0. The van der Waals surface area contributed by atoms with E-state index in [1.807, 2.05) is 17.9 Å². The van der Waals surface area contributed by atoms with Gasteiger partial charge in [0, 0.05) is 20.1 Å². The lowest BCUT2D eigenvalue weighted by molar-refractivity contribution is 0.0223. The SMILES string of the molecule is Cc1cnn(C)c1C1CNCCO1. The summed E-state index contributed by atoms with van der Waals surface area (Å²) < 4.78 is 7.56. The van der Waals surface area contributed by atoms with Crippen LogP contribution in [-0.2, 0) is 11.8 Å². The van der Waals surface area contributed by atoms with Gasteiger partial charge >= 0.3 is 0 Å². The summed E-state index contributed by atoms with van der Waals surface area (Å²) >= 11 is 0. The van der Waals surface area contributed by atoms with Crippen molar-refractivity contribution in [3.63, 3.8) is 0 Å². The molecule has 1 fully saturated rings. The zero-order valence-electron chi connectivity index (χ0n) is 8.08. The fourth-order valence-corrected chi connectivity index (χ4v) is 1.76. The smallest absolute Gasteiger partial charge is 0.112 e. The molecule has 1 aromatic rings. The first-order chi connectivity index (χ1) is 6.29. The average Bonchev–Trinajstić information content (AvgIpc) is 2.48. The number of aromatic nitrogens is 2. The van der Waals surface area contributed by atoms with Crippen LogP contribution in [0.15, 0.2) is 6.20 Å². The maximum Gasteiger partial charge on any atom is 0.112 e. The minimum absolute atomic E-state index is 0.168. The predicted molar refractivity (Wildman–Crippen MR) is 49.5 cm³/mol. The number of ether oxygens (including phenoxy) is 1. The molecular weight excluding hydrogens is 166 g/mol. The third-order valence-electron chi connectivity index (χ3n) is 2.41. The summed E-state index contributed by atoms with van der Waals surface area (Å²) in [7, 11) is 1.96. The number of nitrogens with zero attached hydrogens (tertiary/aromatic N) is 2. The van der Waals surface area contributed by atoms with Gasteiger partial charge in [-0.2, -0.15) is 5.10 Å². The Kier molecular flexibility index (Phi) is 2.33. The number of rotatable bonds is 1. The van der Waals surface area contributed by atoms with Crippen molar-refractivity contribution >= 4 is 0 Å². The minimum atomic E-state index is 0.168. The summed E-state index contributed by atoms with van der Waals surface area (Å²) in [5, 5.41) is 7.51. The van der Waals surface area contributed by atoms with Gasteiger partial charge in [0.05, 0.1) is 18.5 Å². The molecule has 1 unspecified atom stereocenters. The van der Waals surface area contributed by atoms with Crippen molar-refractivity contribution < 1.29 is 4.74 Å². The Morgan fingerprint density at radius 1 is 1.69 bits per heavy atom. The third kappa shape index (κ3) is 1.59. The monoisotopic (exact) mass is 181 g/mol. The lowest BCUT2D eigenvalue weighted by Crippen LogP contribution is -2.34. The summed E-state index contributed by atoms with van der Waals surface area (Å²) in [6.07, 6.45) is 2.05. The van der Waals surface area contributed by atoms with E-state index in [-0.39, 0.29) is 6.10 Å². The Balaban J connectivity index is 2.22. The number of hydrogen-bond acceptors (Lipinski definition) is 3. The van der Waals surface area contributed by atoms with Gasteiger partial charge in [0.25, 0.3) is 0 Å². The fraction of sp³-hybridized carbons (Fsp3) is 0.667. The maximum absolute atomic E-state index is 5.66. The summed E-state index contributed by atoms with van der Waals surface area (Å²) in [5.74, 6) is 0. The Bertz CT molecular complexity index is 270. The van der Waals surface area contributed by atoms with Crippen LogP contribution in [0.25, 0.3) is 0 Å². The van der Waals surface area contributed by atoms with Gasteiger partial charge in [0.2, 0.25) is 0 Å². The van der Waals surface area contributed by atoms with E-state index in [0.717, 1.165) is 19.7 Å². The maximum atomic E-state index is 5.66. The number of aryl methyl sites for hydroxylation is 2. The van der Waals surface area contributed by atoms with Crippen LogP contribution in [0.3, 0.4) is 0 Å². The molecule has 0 amide bonds. The van der Waals surface area contributed by atoms with E-state index < -0.39 is 0 Å². The van der Waals surface area contributed by atoms with Crippen molar-refractivity contribution in [2.24, 2.45) is 7.05 Å². The Labute approximate surface area is 77.9 Å². The average molecular weight is 181 g/mol. The molecule has 1 N–H and O–H groups in total. The van der Waals surface area contributed by atoms with Crippen LogP contribution in [0.4, 0.5) is 0 Å². The van der Waals surface area contributed by atoms with Gasteiger partial charge in [-0.1, -0.05) is 0 Å². The van der Waals surface area contributed by atoms with E-state index in [1.165, 1.54) is 11.3 Å². The van der Waals surface area contributed by atoms with Crippen molar-refractivity contribution in [1.29, 1.82) is 0 Å². The van der Waals surface area contributed by atoms with Gasteiger partial charge in [-0.3, -0.25) is 4.68 Å². The van der Waals surface area contributed by atoms with E-state index in [1.54, 1.807) is 0 Å². The van der Waals surface area contributed by atoms with Crippen molar-refractivity contribution in [3.8, 4) is 0 Å². The molecule has 1 aliphatic rings. The number of hydrogen-bond donors (Lipinski definition) is 1. The third-order valence-corrected chi connectivity index (χ3v) is 2.41. The number of nitrogens with one attached hydrogen (secondary N) is 1. The molecule has 72 valence electrons. The largest absolute Gasteiger partial charge is 0.369 e. The molecule has 0 aliphatic carbocycles. The molecule has 13 heavy (non-hydrogen) atoms. The Hall–Kier alpha value is -0.870. The molecule has 0 saturated carbocycles. The highest BCUT2D eigenvalue weighted by molar-refractivity contribution is 5.18. The number of morpholine rings is 1. The molecule has 2 rings (SSSR count). The minimum Gasteiger partial charge on any atom is -0.369 e. The lowest BCUT2D eigenvalue weighted by Gasteiger charge is -2.24. The van der Waals surface area contributed by atoms with Crippen molar-refractivity contribution in [2.45, 2.75) is 13.0 Å². The van der Waals surface area contributed by atoms with E-state index >= 15 is 0 Å². The van der Waals surface area contributed by atoms with Gasteiger partial charge in [0.15, 0.2) is 0 Å². The lowest BCUT2D eigenvalue weighted by atomic mass is 10.1. The predicted octanol–water partition coefficient (Wildman–Crippen LogP) is 0.389. The second kappa shape index (κ2) is 3.47. The molecule has 4 heteroatoms. The summed E-state index contributed by atoms with van der Waals surface area (Å²) in [4.78, 5) is 0. The first-order valence-corrected chi connectivity index (χ1v) is 4.60. The van der Waals surface area contributed by atoms with E-state index in [9.17, 15) is 0 Å². The van der Waals surface area contributed by atoms with Crippen LogP contribution in [0, 0.1) is 6.92 Å². The van der Waals surface area contributed by atoms with Gasteiger partial charge in [0.1, 0.15) is 6.10 Å². The van der Waals surface area contributed by atoms with Crippen molar-refractivity contribution in [1.82, 2.24) is 15.1 Å². The van der Waals surface area contributed by atoms with E-state index in [0.29, 0.717) is 0 Å². The Morgan fingerprint density at radius 2 is 2.54 bits per heavy atom.